The maximum Gasteiger partial charge on any atom is -0.00488 e. The fourth-order valence-electron chi connectivity index (χ4n) is 2.55. The predicted octanol–water partition coefficient (Wildman–Crippen LogP) is 4.01. The Morgan fingerprint density at radius 1 is 0.700 bits per heavy atom. The Hall–Kier alpha value is -1.60. The molecule has 1 nitrogen and oxygen atoms in total. The lowest BCUT2D eigenvalue weighted by molar-refractivity contribution is 0.723. The average Bonchev–Trinajstić information content (AvgIpc) is 2.49. The minimum Gasteiger partial charge on any atom is -0.320 e. The van der Waals surface area contributed by atoms with E-state index in [1.165, 1.54) is 48.8 Å². The minimum atomic E-state index is 1.10. The Morgan fingerprint density at radius 3 is 2.00 bits per heavy atom. The van der Waals surface area contributed by atoms with Gasteiger partial charge in [-0.1, -0.05) is 54.6 Å². The van der Waals surface area contributed by atoms with Crippen LogP contribution in [0.3, 0.4) is 0 Å². The van der Waals surface area contributed by atoms with Crippen LogP contribution in [0.1, 0.15) is 29.5 Å². The highest BCUT2D eigenvalue weighted by Crippen LogP contribution is 2.11. The number of rotatable bonds is 8. The van der Waals surface area contributed by atoms with Gasteiger partial charge < -0.3 is 5.32 Å². The maximum atomic E-state index is 3.21. The Bertz CT molecular complexity index is 490. The van der Waals surface area contributed by atoms with Crippen molar-refractivity contribution in [3.63, 3.8) is 0 Å². The summed E-state index contributed by atoms with van der Waals surface area (Å²) in [6.07, 6.45) is 5.96. The molecule has 0 spiro atoms. The van der Waals surface area contributed by atoms with E-state index in [1.807, 2.05) is 7.05 Å². The summed E-state index contributed by atoms with van der Waals surface area (Å²) in [5.41, 5.74) is 4.39. The SMILES string of the molecule is CNCCCc1cccc(CCCc2ccccc2)c1. The summed E-state index contributed by atoms with van der Waals surface area (Å²) >= 11 is 0. The summed E-state index contributed by atoms with van der Waals surface area (Å²) in [7, 11) is 2.01. The molecule has 0 amide bonds. The van der Waals surface area contributed by atoms with E-state index in [0.717, 1.165) is 6.54 Å². The zero-order valence-electron chi connectivity index (χ0n) is 12.4. The molecular weight excluding hydrogens is 242 g/mol. The molecule has 0 aliphatic carbocycles. The molecule has 0 bridgehead atoms. The van der Waals surface area contributed by atoms with Crippen LogP contribution in [-0.4, -0.2) is 13.6 Å². The average molecular weight is 267 g/mol. The number of benzene rings is 2. The van der Waals surface area contributed by atoms with E-state index in [1.54, 1.807) is 0 Å². The molecule has 1 N–H and O–H groups in total. The van der Waals surface area contributed by atoms with Crippen LogP contribution in [0.2, 0.25) is 0 Å². The lowest BCUT2D eigenvalue weighted by Gasteiger charge is -2.06. The Morgan fingerprint density at radius 2 is 1.30 bits per heavy atom. The molecule has 2 rings (SSSR count). The Kier molecular flexibility index (Phi) is 6.33. The highest BCUT2D eigenvalue weighted by molar-refractivity contribution is 5.24. The normalized spacial score (nSPS) is 10.7. The van der Waals surface area contributed by atoms with E-state index in [-0.39, 0.29) is 0 Å². The van der Waals surface area contributed by atoms with Crippen molar-refractivity contribution in [2.24, 2.45) is 0 Å². The molecule has 0 saturated heterocycles. The van der Waals surface area contributed by atoms with Gasteiger partial charge in [0.15, 0.2) is 0 Å². The Balaban J connectivity index is 1.79. The first kappa shape index (κ1) is 14.8. The van der Waals surface area contributed by atoms with Crippen LogP contribution in [0.4, 0.5) is 0 Å². The van der Waals surface area contributed by atoms with Crippen LogP contribution >= 0.6 is 0 Å². The summed E-state index contributed by atoms with van der Waals surface area (Å²) in [5, 5.41) is 3.21. The van der Waals surface area contributed by atoms with E-state index in [0.29, 0.717) is 0 Å². The van der Waals surface area contributed by atoms with Gasteiger partial charge in [0.2, 0.25) is 0 Å². The molecule has 2 aromatic rings. The van der Waals surface area contributed by atoms with Crippen molar-refractivity contribution in [2.45, 2.75) is 32.1 Å². The molecule has 0 fully saturated rings. The van der Waals surface area contributed by atoms with Crippen LogP contribution in [0.5, 0.6) is 0 Å². The smallest absolute Gasteiger partial charge is 0.00488 e. The van der Waals surface area contributed by atoms with Gasteiger partial charge in [0.25, 0.3) is 0 Å². The second-order valence-corrected chi connectivity index (χ2v) is 5.37. The van der Waals surface area contributed by atoms with E-state index < -0.39 is 0 Å². The molecule has 0 radical (unpaired) electrons. The molecule has 0 unspecified atom stereocenters. The summed E-state index contributed by atoms with van der Waals surface area (Å²) in [5.74, 6) is 0. The van der Waals surface area contributed by atoms with Crippen LogP contribution < -0.4 is 5.32 Å². The molecule has 1 heteroatoms. The van der Waals surface area contributed by atoms with E-state index in [9.17, 15) is 0 Å². The molecule has 20 heavy (non-hydrogen) atoms. The fraction of sp³-hybridized carbons (Fsp3) is 0.368. The minimum absolute atomic E-state index is 1.10. The van der Waals surface area contributed by atoms with E-state index >= 15 is 0 Å². The molecule has 0 aromatic heterocycles. The third-order valence-corrected chi connectivity index (χ3v) is 3.66. The van der Waals surface area contributed by atoms with Crippen LogP contribution in [-0.2, 0) is 19.3 Å². The summed E-state index contributed by atoms with van der Waals surface area (Å²) in [4.78, 5) is 0. The van der Waals surface area contributed by atoms with Crippen molar-refractivity contribution >= 4 is 0 Å². The predicted molar refractivity (Wildman–Crippen MR) is 87.2 cm³/mol. The summed E-state index contributed by atoms with van der Waals surface area (Å²) in [6.45, 7) is 1.10. The fourth-order valence-corrected chi connectivity index (χ4v) is 2.55. The van der Waals surface area contributed by atoms with Gasteiger partial charge in [0, 0.05) is 0 Å². The van der Waals surface area contributed by atoms with E-state index in [2.05, 4.69) is 59.9 Å². The molecule has 106 valence electrons. The van der Waals surface area contributed by atoms with Crippen LogP contribution in [0.25, 0.3) is 0 Å². The van der Waals surface area contributed by atoms with Gasteiger partial charge in [-0.2, -0.15) is 0 Å². The molecule has 2 aromatic carbocycles. The lowest BCUT2D eigenvalue weighted by Crippen LogP contribution is -2.08. The first-order chi connectivity index (χ1) is 9.88. The molecule has 0 atom stereocenters. The lowest BCUT2D eigenvalue weighted by atomic mass is 10.0. The second-order valence-electron chi connectivity index (χ2n) is 5.37. The first-order valence-corrected chi connectivity index (χ1v) is 7.65. The standard InChI is InChI=1S/C19H25N/c1-20-15-7-14-19-13-6-12-18(16-19)11-5-10-17-8-3-2-4-9-17/h2-4,6,8-9,12-13,16,20H,5,7,10-11,14-15H2,1H3. The van der Waals surface area contributed by atoms with Gasteiger partial charge in [-0.15, -0.1) is 0 Å². The van der Waals surface area contributed by atoms with E-state index in [4.69, 9.17) is 0 Å². The van der Waals surface area contributed by atoms with Crippen LogP contribution in [0.15, 0.2) is 54.6 Å². The molecular formula is C19H25N. The number of aryl methyl sites for hydroxylation is 3. The van der Waals surface area contributed by atoms with Gasteiger partial charge in [-0.05, 0) is 62.4 Å². The molecule has 0 aliphatic rings. The largest absolute Gasteiger partial charge is 0.320 e. The number of hydrogen-bond donors (Lipinski definition) is 1. The van der Waals surface area contributed by atoms with Crippen molar-refractivity contribution in [3.05, 3.63) is 71.3 Å². The zero-order chi connectivity index (χ0) is 14.0. The van der Waals surface area contributed by atoms with Crippen molar-refractivity contribution in [1.29, 1.82) is 0 Å². The maximum absolute atomic E-state index is 3.21. The summed E-state index contributed by atoms with van der Waals surface area (Å²) < 4.78 is 0. The highest BCUT2D eigenvalue weighted by atomic mass is 14.8. The number of nitrogens with one attached hydrogen (secondary N) is 1. The monoisotopic (exact) mass is 267 g/mol. The third kappa shape index (κ3) is 5.18. The zero-order valence-corrected chi connectivity index (χ0v) is 12.4. The van der Waals surface area contributed by atoms with Crippen LogP contribution in [0, 0.1) is 0 Å². The van der Waals surface area contributed by atoms with Crippen molar-refractivity contribution in [2.75, 3.05) is 13.6 Å². The molecule has 0 aliphatic heterocycles. The van der Waals surface area contributed by atoms with Crippen molar-refractivity contribution in [3.8, 4) is 0 Å². The molecule has 0 saturated carbocycles. The van der Waals surface area contributed by atoms with Crippen molar-refractivity contribution in [1.82, 2.24) is 5.32 Å². The third-order valence-electron chi connectivity index (χ3n) is 3.66. The van der Waals surface area contributed by atoms with Gasteiger partial charge in [0.1, 0.15) is 0 Å². The summed E-state index contributed by atoms with van der Waals surface area (Å²) in [6, 6.07) is 19.8. The Labute approximate surface area is 123 Å². The van der Waals surface area contributed by atoms with Gasteiger partial charge in [0.05, 0.1) is 0 Å². The topological polar surface area (TPSA) is 12.0 Å². The highest BCUT2D eigenvalue weighted by Gasteiger charge is 1.98. The quantitative estimate of drug-likeness (QED) is 0.712. The first-order valence-electron chi connectivity index (χ1n) is 7.65. The number of hydrogen-bond acceptors (Lipinski definition) is 1. The second kappa shape index (κ2) is 8.55. The van der Waals surface area contributed by atoms with Gasteiger partial charge >= 0.3 is 0 Å². The van der Waals surface area contributed by atoms with Gasteiger partial charge in [-0.3, -0.25) is 0 Å². The van der Waals surface area contributed by atoms with Gasteiger partial charge in [-0.25, -0.2) is 0 Å². The van der Waals surface area contributed by atoms with Crippen molar-refractivity contribution < 1.29 is 0 Å². The molecule has 0 heterocycles.